The van der Waals surface area contributed by atoms with Crippen LogP contribution in [0.15, 0.2) is 36.4 Å². The fraction of sp³-hybridized carbons (Fsp3) is 0.125. The highest BCUT2D eigenvalue weighted by atomic mass is 35.5. The third kappa shape index (κ3) is 2.15. The summed E-state index contributed by atoms with van der Waals surface area (Å²) in [6.45, 7) is 0. The number of pyridine rings is 1. The lowest BCUT2D eigenvalue weighted by atomic mass is 10.0. The van der Waals surface area contributed by atoms with Gasteiger partial charge in [-0.1, -0.05) is 17.7 Å². The van der Waals surface area contributed by atoms with Crippen LogP contribution in [0.1, 0.15) is 12.1 Å². The van der Waals surface area contributed by atoms with Crippen molar-refractivity contribution in [3.63, 3.8) is 0 Å². The largest absolute Gasteiger partial charge is 0.508 e. The third-order valence-electron chi connectivity index (χ3n) is 3.29. The average Bonchev–Trinajstić information content (AvgIpc) is 2.45. The van der Waals surface area contributed by atoms with Crippen molar-refractivity contribution in [2.45, 2.75) is 12.8 Å². The van der Waals surface area contributed by atoms with Gasteiger partial charge in [-0.3, -0.25) is 4.98 Å². The quantitative estimate of drug-likeness (QED) is 0.717. The molecule has 0 spiro atoms. The second-order valence-electron chi connectivity index (χ2n) is 4.61. The minimum absolute atomic E-state index is 0.199. The SMILES string of the molecule is N#CCCc1nc2ccc(O)cc2c2cc(Cl)ccc12. The molecule has 98 valence electrons. The first-order valence-electron chi connectivity index (χ1n) is 6.27. The maximum atomic E-state index is 9.67. The average molecular weight is 283 g/mol. The Kier molecular flexibility index (Phi) is 3.17. The van der Waals surface area contributed by atoms with Gasteiger partial charge in [0.25, 0.3) is 0 Å². The zero-order valence-corrected chi connectivity index (χ0v) is 11.4. The molecule has 0 aliphatic rings. The summed E-state index contributed by atoms with van der Waals surface area (Å²) in [5.74, 6) is 0.199. The number of aryl methyl sites for hydroxylation is 1. The number of benzene rings is 2. The minimum atomic E-state index is 0.199. The first-order valence-corrected chi connectivity index (χ1v) is 6.64. The van der Waals surface area contributed by atoms with Gasteiger partial charge in [0.15, 0.2) is 0 Å². The van der Waals surface area contributed by atoms with E-state index in [1.807, 2.05) is 18.2 Å². The lowest BCUT2D eigenvalue weighted by molar-refractivity contribution is 0.476. The summed E-state index contributed by atoms with van der Waals surface area (Å²) >= 11 is 6.08. The molecule has 1 aromatic heterocycles. The van der Waals surface area contributed by atoms with Gasteiger partial charge in [-0.05, 0) is 35.7 Å². The molecule has 0 unspecified atom stereocenters. The van der Waals surface area contributed by atoms with Gasteiger partial charge in [-0.25, -0.2) is 0 Å². The number of aromatic nitrogens is 1. The van der Waals surface area contributed by atoms with E-state index in [0.717, 1.165) is 27.4 Å². The van der Waals surface area contributed by atoms with Gasteiger partial charge in [0.2, 0.25) is 0 Å². The van der Waals surface area contributed by atoms with Crippen molar-refractivity contribution < 1.29 is 5.11 Å². The van der Waals surface area contributed by atoms with Crippen LogP contribution in [0.3, 0.4) is 0 Å². The summed E-state index contributed by atoms with van der Waals surface area (Å²) in [5, 5.41) is 21.9. The number of halogens is 1. The van der Waals surface area contributed by atoms with E-state index in [9.17, 15) is 5.11 Å². The predicted molar refractivity (Wildman–Crippen MR) is 79.9 cm³/mol. The summed E-state index contributed by atoms with van der Waals surface area (Å²) in [5.41, 5.74) is 1.68. The minimum Gasteiger partial charge on any atom is -0.508 e. The highest BCUT2D eigenvalue weighted by Crippen LogP contribution is 2.31. The molecule has 0 fully saturated rings. The van der Waals surface area contributed by atoms with Crippen LogP contribution >= 0.6 is 11.6 Å². The molecule has 3 aromatic rings. The predicted octanol–water partition coefficient (Wildman–Crippen LogP) is 4.20. The van der Waals surface area contributed by atoms with Gasteiger partial charge in [0.05, 0.1) is 11.6 Å². The molecule has 4 heteroatoms. The Morgan fingerprint density at radius 3 is 2.75 bits per heavy atom. The number of rotatable bonds is 2. The Bertz CT molecular complexity index is 852. The van der Waals surface area contributed by atoms with Crippen molar-refractivity contribution in [1.82, 2.24) is 4.98 Å². The Hall–Kier alpha value is -2.31. The van der Waals surface area contributed by atoms with Crippen LogP contribution in [0, 0.1) is 11.3 Å². The molecule has 3 rings (SSSR count). The molecule has 0 saturated heterocycles. The van der Waals surface area contributed by atoms with Crippen molar-refractivity contribution in [1.29, 1.82) is 5.26 Å². The maximum Gasteiger partial charge on any atom is 0.116 e. The fourth-order valence-electron chi connectivity index (χ4n) is 2.40. The van der Waals surface area contributed by atoms with Crippen LogP contribution in [-0.4, -0.2) is 10.1 Å². The van der Waals surface area contributed by atoms with E-state index >= 15 is 0 Å². The number of hydrogen-bond donors (Lipinski definition) is 1. The molecule has 0 radical (unpaired) electrons. The van der Waals surface area contributed by atoms with Crippen molar-refractivity contribution in [2.75, 3.05) is 0 Å². The summed E-state index contributed by atoms with van der Waals surface area (Å²) in [6.07, 6.45) is 1.03. The van der Waals surface area contributed by atoms with E-state index in [2.05, 4.69) is 11.1 Å². The van der Waals surface area contributed by atoms with Crippen LogP contribution in [-0.2, 0) is 6.42 Å². The van der Waals surface area contributed by atoms with E-state index in [-0.39, 0.29) is 5.75 Å². The zero-order valence-electron chi connectivity index (χ0n) is 10.6. The summed E-state index contributed by atoms with van der Waals surface area (Å²) in [7, 11) is 0. The third-order valence-corrected chi connectivity index (χ3v) is 3.53. The number of hydrogen-bond acceptors (Lipinski definition) is 3. The summed E-state index contributed by atoms with van der Waals surface area (Å²) in [6, 6.07) is 12.8. The van der Waals surface area contributed by atoms with Crippen LogP contribution in [0.5, 0.6) is 5.75 Å². The summed E-state index contributed by atoms with van der Waals surface area (Å²) < 4.78 is 0. The Labute approximate surface area is 121 Å². The van der Waals surface area contributed by atoms with Crippen LogP contribution in [0.25, 0.3) is 21.7 Å². The van der Waals surface area contributed by atoms with E-state index in [4.69, 9.17) is 16.9 Å². The number of fused-ring (bicyclic) bond motifs is 3. The first-order chi connectivity index (χ1) is 9.69. The molecule has 1 N–H and O–H groups in total. The Balaban J connectivity index is 2.39. The molecule has 0 saturated carbocycles. The molecular formula is C16H11ClN2O. The van der Waals surface area contributed by atoms with Gasteiger partial charge in [0.1, 0.15) is 5.75 Å². The number of nitrogens with zero attached hydrogens (tertiary/aromatic N) is 2. The molecule has 20 heavy (non-hydrogen) atoms. The van der Waals surface area contributed by atoms with Crippen molar-refractivity contribution in [2.24, 2.45) is 0 Å². The summed E-state index contributed by atoms with van der Waals surface area (Å²) in [4.78, 5) is 4.61. The van der Waals surface area contributed by atoms with Crippen molar-refractivity contribution in [3.05, 3.63) is 47.1 Å². The van der Waals surface area contributed by atoms with Crippen LogP contribution in [0.2, 0.25) is 5.02 Å². The molecule has 1 heterocycles. The van der Waals surface area contributed by atoms with E-state index < -0.39 is 0 Å². The second-order valence-corrected chi connectivity index (χ2v) is 5.04. The lowest BCUT2D eigenvalue weighted by Crippen LogP contribution is -1.94. The van der Waals surface area contributed by atoms with E-state index in [1.165, 1.54) is 0 Å². The highest BCUT2D eigenvalue weighted by molar-refractivity contribution is 6.31. The van der Waals surface area contributed by atoms with Gasteiger partial charge in [0, 0.05) is 34.3 Å². The standard InChI is InChI=1S/C16H11ClN2O/c17-10-3-5-12-13(8-10)14-9-11(20)4-6-16(14)19-15(12)2-1-7-18/h3-6,8-9,20H,1-2H2. The van der Waals surface area contributed by atoms with Gasteiger partial charge in [-0.15, -0.1) is 0 Å². The molecular weight excluding hydrogens is 272 g/mol. The molecule has 0 aliphatic carbocycles. The molecule has 0 bridgehead atoms. The number of aromatic hydroxyl groups is 1. The maximum absolute atomic E-state index is 9.67. The Morgan fingerprint density at radius 1 is 1.10 bits per heavy atom. The first kappa shape index (κ1) is 12.7. The molecule has 3 nitrogen and oxygen atoms in total. The number of phenols is 1. The fourth-order valence-corrected chi connectivity index (χ4v) is 2.57. The normalized spacial score (nSPS) is 10.8. The van der Waals surface area contributed by atoms with Gasteiger partial charge >= 0.3 is 0 Å². The van der Waals surface area contributed by atoms with Crippen LogP contribution < -0.4 is 0 Å². The van der Waals surface area contributed by atoms with Crippen LogP contribution in [0.4, 0.5) is 0 Å². The number of nitriles is 1. The second kappa shape index (κ2) is 4.99. The topological polar surface area (TPSA) is 56.9 Å². The molecule has 0 atom stereocenters. The van der Waals surface area contributed by atoms with Gasteiger partial charge < -0.3 is 5.11 Å². The highest BCUT2D eigenvalue weighted by Gasteiger charge is 2.09. The van der Waals surface area contributed by atoms with E-state index in [0.29, 0.717) is 17.9 Å². The van der Waals surface area contributed by atoms with Crippen molar-refractivity contribution in [3.8, 4) is 11.8 Å². The monoisotopic (exact) mass is 282 g/mol. The molecule has 0 amide bonds. The smallest absolute Gasteiger partial charge is 0.116 e. The molecule has 0 aliphatic heterocycles. The molecule has 2 aromatic carbocycles. The lowest BCUT2D eigenvalue weighted by Gasteiger charge is -2.09. The van der Waals surface area contributed by atoms with Gasteiger partial charge in [-0.2, -0.15) is 5.26 Å². The Morgan fingerprint density at radius 2 is 1.95 bits per heavy atom. The zero-order chi connectivity index (χ0) is 14.1. The van der Waals surface area contributed by atoms with Crippen molar-refractivity contribution >= 4 is 33.3 Å². The van der Waals surface area contributed by atoms with E-state index in [1.54, 1.807) is 18.2 Å². The number of phenolic OH excluding ortho intramolecular Hbond substituents is 1.